The van der Waals surface area contributed by atoms with E-state index in [4.69, 9.17) is 5.11 Å². The number of aromatic nitrogens is 2. The number of hydrogen-bond donors (Lipinski definition) is 1. The third-order valence-corrected chi connectivity index (χ3v) is 4.34. The lowest BCUT2D eigenvalue weighted by Gasteiger charge is -2.10. The molecule has 1 aromatic carbocycles. The first-order valence-corrected chi connectivity index (χ1v) is 7.34. The van der Waals surface area contributed by atoms with Crippen LogP contribution in [0.2, 0.25) is 0 Å². The van der Waals surface area contributed by atoms with Crippen molar-refractivity contribution in [3.05, 3.63) is 52.1 Å². The van der Waals surface area contributed by atoms with Crippen molar-refractivity contribution in [1.29, 1.82) is 0 Å². The summed E-state index contributed by atoms with van der Waals surface area (Å²) < 4.78 is 14.1. The SMILES string of the molecule is CC(C(=O)O)n1cnc2scc(-c3ccc(F)cc3)c2c1=O. The van der Waals surface area contributed by atoms with Gasteiger partial charge in [-0.2, -0.15) is 0 Å². The summed E-state index contributed by atoms with van der Waals surface area (Å²) in [5.41, 5.74) is 0.900. The Balaban J connectivity index is 2.25. The van der Waals surface area contributed by atoms with E-state index in [1.165, 1.54) is 36.7 Å². The number of rotatable bonds is 3. The van der Waals surface area contributed by atoms with E-state index in [0.717, 1.165) is 4.57 Å². The highest BCUT2D eigenvalue weighted by Crippen LogP contribution is 2.30. The topological polar surface area (TPSA) is 72.2 Å². The molecule has 2 aromatic heterocycles. The Bertz CT molecular complexity index is 915. The van der Waals surface area contributed by atoms with Crippen molar-refractivity contribution < 1.29 is 14.3 Å². The number of carboxylic acid groups (broad SMARTS) is 1. The lowest BCUT2D eigenvalue weighted by Crippen LogP contribution is -2.28. The van der Waals surface area contributed by atoms with E-state index in [1.807, 2.05) is 0 Å². The Morgan fingerprint density at radius 2 is 2.05 bits per heavy atom. The Hall–Kier alpha value is -2.54. The van der Waals surface area contributed by atoms with Gasteiger partial charge in [-0.1, -0.05) is 12.1 Å². The lowest BCUT2D eigenvalue weighted by molar-refractivity contribution is -0.140. The van der Waals surface area contributed by atoms with Gasteiger partial charge in [0.15, 0.2) is 0 Å². The van der Waals surface area contributed by atoms with Gasteiger partial charge in [-0.15, -0.1) is 11.3 Å². The molecule has 1 unspecified atom stereocenters. The second-order valence-electron chi connectivity index (χ2n) is 4.81. The van der Waals surface area contributed by atoms with Gasteiger partial charge in [0.2, 0.25) is 0 Å². The molecule has 22 heavy (non-hydrogen) atoms. The largest absolute Gasteiger partial charge is 0.480 e. The maximum Gasteiger partial charge on any atom is 0.326 e. The minimum Gasteiger partial charge on any atom is -0.480 e. The lowest BCUT2D eigenvalue weighted by atomic mass is 10.1. The molecular formula is C15H11FN2O3S. The van der Waals surface area contributed by atoms with Gasteiger partial charge in [-0.05, 0) is 24.6 Å². The Kier molecular flexibility index (Phi) is 3.50. The number of carboxylic acids is 1. The van der Waals surface area contributed by atoms with Crippen molar-refractivity contribution in [2.45, 2.75) is 13.0 Å². The minimum atomic E-state index is -1.11. The molecule has 2 heterocycles. The smallest absolute Gasteiger partial charge is 0.326 e. The Labute approximate surface area is 128 Å². The standard InChI is InChI=1S/C15H11FN2O3S/c1-8(15(20)21)18-7-17-13-12(14(18)19)11(6-22-13)9-2-4-10(16)5-3-9/h2-8H,1H3,(H,20,21). The van der Waals surface area contributed by atoms with Crippen LogP contribution in [-0.2, 0) is 4.79 Å². The Morgan fingerprint density at radius 1 is 1.36 bits per heavy atom. The van der Waals surface area contributed by atoms with Gasteiger partial charge in [0.1, 0.15) is 16.7 Å². The molecule has 0 saturated heterocycles. The molecule has 0 bridgehead atoms. The highest BCUT2D eigenvalue weighted by molar-refractivity contribution is 7.17. The van der Waals surface area contributed by atoms with E-state index in [2.05, 4.69) is 4.98 Å². The molecule has 7 heteroatoms. The molecule has 0 spiro atoms. The monoisotopic (exact) mass is 318 g/mol. The van der Waals surface area contributed by atoms with Crippen LogP contribution in [-0.4, -0.2) is 20.6 Å². The molecule has 1 atom stereocenters. The minimum absolute atomic E-state index is 0.354. The quantitative estimate of drug-likeness (QED) is 0.806. The maximum absolute atomic E-state index is 13.0. The second kappa shape index (κ2) is 5.34. The summed E-state index contributed by atoms with van der Waals surface area (Å²) >= 11 is 1.29. The predicted molar refractivity (Wildman–Crippen MR) is 81.6 cm³/mol. The zero-order chi connectivity index (χ0) is 15.9. The predicted octanol–water partition coefficient (Wildman–Crippen LogP) is 2.91. The second-order valence-corrected chi connectivity index (χ2v) is 5.67. The molecule has 3 rings (SSSR count). The fraction of sp³-hybridized carbons (Fsp3) is 0.133. The highest BCUT2D eigenvalue weighted by Gasteiger charge is 2.19. The first-order chi connectivity index (χ1) is 10.5. The van der Waals surface area contributed by atoms with Crippen LogP contribution in [0.5, 0.6) is 0 Å². The van der Waals surface area contributed by atoms with Crippen molar-refractivity contribution >= 4 is 27.5 Å². The Morgan fingerprint density at radius 3 is 2.68 bits per heavy atom. The van der Waals surface area contributed by atoms with Crippen LogP contribution in [0.3, 0.4) is 0 Å². The molecule has 3 aromatic rings. The number of benzene rings is 1. The molecule has 0 aliphatic heterocycles. The van der Waals surface area contributed by atoms with Crippen LogP contribution in [0.25, 0.3) is 21.3 Å². The van der Waals surface area contributed by atoms with Crippen LogP contribution >= 0.6 is 11.3 Å². The summed E-state index contributed by atoms with van der Waals surface area (Å²) in [4.78, 5) is 28.4. The zero-order valence-corrected chi connectivity index (χ0v) is 12.3. The average Bonchev–Trinajstić information content (AvgIpc) is 2.92. The molecule has 0 aliphatic rings. The van der Waals surface area contributed by atoms with Crippen molar-refractivity contribution in [1.82, 2.24) is 9.55 Å². The van der Waals surface area contributed by atoms with E-state index < -0.39 is 17.6 Å². The first-order valence-electron chi connectivity index (χ1n) is 6.46. The van der Waals surface area contributed by atoms with Crippen molar-refractivity contribution in [2.24, 2.45) is 0 Å². The van der Waals surface area contributed by atoms with Gasteiger partial charge >= 0.3 is 5.97 Å². The third kappa shape index (κ3) is 2.29. The van der Waals surface area contributed by atoms with Gasteiger partial charge in [-0.3, -0.25) is 9.36 Å². The molecule has 0 fully saturated rings. The molecule has 0 radical (unpaired) electrons. The van der Waals surface area contributed by atoms with Gasteiger partial charge in [0.05, 0.1) is 11.7 Å². The molecule has 0 aliphatic carbocycles. The van der Waals surface area contributed by atoms with Gasteiger partial charge < -0.3 is 5.11 Å². The molecule has 1 N–H and O–H groups in total. The molecule has 0 amide bonds. The summed E-state index contributed by atoms with van der Waals surface area (Å²) in [7, 11) is 0. The number of halogens is 1. The van der Waals surface area contributed by atoms with Crippen LogP contribution < -0.4 is 5.56 Å². The number of hydrogen-bond acceptors (Lipinski definition) is 4. The van der Waals surface area contributed by atoms with Crippen molar-refractivity contribution in [3.63, 3.8) is 0 Å². The van der Waals surface area contributed by atoms with Crippen LogP contribution in [0.4, 0.5) is 4.39 Å². The van der Waals surface area contributed by atoms with E-state index in [1.54, 1.807) is 17.5 Å². The maximum atomic E-state index is 13.0. The third-order valence-electron chi connectivity index (χ3n) is 3.45. The normalized spacial score (nSPS) is 12.5. The van der Waals surface area contributed by atoms with Crippen LogP contribution in [0.15, 0.2) is 40.8 Å². The van der Waals surface area contributed by atoms with E-state index in [9.17, 15) is 14.0 Å². The molecule has 5 nitrogen and oxygen atoms in total. The fourth-order valence-electron chi connectivity index (χ4n) is 2.18. The number of fused-ring (bicyclic) bond motifs is 1. The van der Waals surface area contributed by atoms with Crippen LogP contribution in [0.1, 0.15) is 13.0 Å². The molecule has 0 saturated carbocycles. The zero-order valence-electron chi connectivity index (χ0n) is 11.5. The fourth-order valence-corrected chi connectivity index (χ4v) is 3.09. The summed E-state index contributed by atoms with van der Waals surface area (Å²) in [6.07, 6.45) is 1.24. The summed E-state index contributed by atoms with van der Waals surface area (Å²) in [6.45, 7) is 1.42. The first kappa shape index (κ1) is 14.4. The average molecular weight is 318 g/mol. The highest BCUT2D eigenvalue weighted by atomic mass is 32.1. The van der Waals surface area contributed by atoms with Gasteiger partial charge in [0, 0.05) is 10.9 Å². The number of thiophene rings is 1. The van der Waals surface area contributed by atoms with E-state index in [0.29, 0.717) is 21.3 Å². The van der Waals surface area contributed by atoms with Crippen molar-refractivity contribution in [3.8, 4) is 11.1 Å². The van der Waals surface area contributed by atoms with E-state index >= 15 is 0 Å². The van der Waals surface area contributed by atoms with Crippen molar-refractivity contribution in [2.75, 3.05) is 0 Å². The molecule has 112 valence electrons. The summed E-state index contributed by atoms with van der Waals surface area (Å²) in [6, 6.07) is 4.77. The van der Waals surface area contributed by atoms with Crippen LogP contribution in [0, 0.1) is 5.82 Å². The molecular weight excluding hydrogens is 307 g/mol. The number of carbonyl (C=O) groups is 1. The summed E-state index contributed by atoms with van der Waals surface area (Å²) in [5, 5.41) is 11.2. The number of nitrogens with zero attached hydrogens (tertiary/aromatic N) is 2. The van der Waals surface area contributed by atoms with Gasteiger partial charge in [-0.25, -0.2) is 14.2 Å². The number of aliphatic carboxylic acids is 1. The van der Waals surface area contributed by atoms with E-state index in [-0.39, 0.29) is 5.82 Å². The summed E-state index contributed by atoms with van der Waals surface area (Å²) in [5.74, 6) is -1.47. The van der Waals surface area contributed by atoms with Gasteiger partial charge in [0.25, 0.3) is 5.56 Å².